The Morgan fingerprint density at radius 1 is 1.42 bits per heavy atom. The molecule has 0 aliphatic rings. The molecule has 0 saturated heterocycles. The van der Waals surface area contributed by atoms with Crippen molar-refractivity contribution in [2.24, 2.45) is 5.73 Å². The van der Waals surface area contributed by atoms with E-state index in [1.165, 1.54) is 0 Å². The Bertz CT molecular complexity index is 235. The van der Waals surface area contributed by atoms with Gasteiger partial charge in [0.25, 0.3) is 0 Å². The van der Waals surface area contributed by atoms with Gasteiger partial charge in [-0.05, 0) is 17.7 Å². The van der Waals surface area contributed by atoms with Gasteiger partial charge in [-0.1, -0.05) is 28.1 Å². The van der Waals surface area contributed by atoms with Crippen LogP contribution < -0.4 is 5.73 Å². The van der Waals surface area contributed by atoms with Crippen LogP contribution in [0.3, 0.4) is 0 Å². The third kappa shape index (κ3) is 2.59. The van der Waals surface area contributed by atoms with Crippen LogP contribution in [-0.2, 0) is 4.74 Å². The second-order valence-corrected chi connectivity index (χ2v) is 3.53. The van der Waals surface area contributed by atoms with Crippen molar-refractivity contribution < 1.29 is 4.74 Å². The van der Waals surface area contributed by atoms with Gasteiger partial charge in [0.05, 0.1) is 12.6 Å². The molecule has 0 saturated carbocycles. The zero-order valence-electron chi connectivity index (χ0n) is 6.96. The summed E-state index contributed by atoms with van der Waals surface area (Å²) >= 11 is 3.36. The first-order valence-corrected chi connectivity index (χ1v) is 4.53. The average Bonchev–Trinajstić information content (AvgIpc) is 2.06. The number of ether oxygens (including phenoxy) is 1. The van der Waals surface area contributed by atoms with Crippen molar-refractivity contribution in [1.29, 1.82) is 0 Å². The van der Waals surface area contributed by atoms with Gasteiger partial charge in [-0.15, -0.1) is 0 Å². The molecule has 2 nitrogen and oxygen atoms in total. The Balaban J connectivity index is 2.68. The minimum absolute atomic E-state index is 0.0249. The highest BCUT2D eigenvalue weighted by molar-refractivity contribution is 9.10. The average molecular weight is 230 g/mol. The fraction of sp³-hybridized carbons (Fsp3) is 0.333. The second kappa shape index (κ2) is 4.60. The normalized spacial score (nSPS) is 12.9. The van der Waals surface area contributed by atoms with E-state index in [1.54, 1.807) is 7.11 Å². The van der Waals surface area contributed by atoms with Crippen molar-refractivity contribution >= 4 is 15.9 Å². The lowest BCUT2D eigenvalue weighted by atomic mass is 10.1. The minimum atomic E-state index is -0.0249. The molecule has 1 unspecified atom stereocenters. The van der Waals surface area contributed by atoms with Crippen molar-refractivity contribution in [3.05, 3.63) is 34.3 Å². The van der Waals surface area contributed by atoms with E-state index in [0.717, 1.165) is 10.0 Å². The largest absolute Gasteiger partial charge is 0.383 e. The summed E-state index contributed by atoms with van der Waals surface area (Å²) in [6.07, 6.45) is 0. The van der Waals surface area contributed by atoms with Gasteiger partial charge < -0.3 is 10.5 Å². The fourth-order valence-electron chi connectivity index (χ4n) is 0.986. The van der Waals surface area contributed by atoms with E-state index in [2.05, 4.69) is 15.9 Å². The van der Waals surface area contributed by atoms with Crippen LogP contribution in [0.4, 0.5) is 0 Å². The van der Waals surface area contributed by atoms with Crippen molar-refractivity contribution in [2.75, 3.05) is 13.7 Å². The Morgan fingerprint density at radius 2 is 2.00 bits per heavy atom. The Hall–Kier alpha value is -0.380. The number of methoxy groups -OCH3 is 1. The fourth-order valence-corrected chi connectivity index (χ4v) is 1.25. The SMILES string of the molecule is COCC(N)c1ccc(Br)cc1. The van der Waals surface area contributed by atoms with E-state index in [9.17, 15) is 0 Å². The number of nitrogens with two attached hydrogens (primary N) is 1. The Morgan fingerprint density at radius 3 is 2.50 bits per heavy atom. The number of rotatable bonds is 3. The molecular formula is C9H12BrNO. The third-order valence-electron chi connectivity index (χ3n) is 1.64. The Labute approximate surface area is 80.8 Å². The van der Waals surface area contributed by atoms with Gasteiger partial charge in [0.1, 0.15) is 0 Å². The number of benzene rings is 1. The predicted molar refractivity (Wildman–Crippen MR) is 52.9 cm³/mol. The maximum Gasteiger partial charge on any atom is 0.0655 e. The van der Waals surface area contributed by atoms with Crippen LogP contribution in [0.5, 0.6) is 0 Å². The highest BCUT2D eigenvalue weighted by atomic mass is 79.9. The van der Waals surface area contributed by atoms with Crippen molar-refractivity contribution in [2.45, 2.75) is 6.04 Å². The van der Waals surface area contributed by atoms with Crippen LogP contribution in [0, 0.1) is 0 Å². The lowest BCUT2D eigenvalue weighted by molar-refractivity contribution is 0.181. The van der Waals surface area contributed by atoms with E-state index in [1.807, 2.05) is 24.3 Å². The molecule has 0 radical (unpaired) electrons. The summed E-state index contributed by atoms with van der Waals surface area (Å²) in [5.74, 6) is 0. The molecule has 0 aliphatic carbocycles. The maximum absolute atomic E-state index is 5.82. The second-order valence-electron chi connectivity index (χ2n) is 2.61. The van der Waals surface area contributed by atoms with Crippen molar-refractivity contribution in [1.82, 2.24) is 0 Å². The molecule has 0 aromatic heterocycles. The molecule has 3 heteroatoms. The monoisotopic (exact) mass is 229 g/mol. The summed E-state index contributed by atoms with van der Waals surface area (Å²) in [5, 5.41) is 0. The van der Waals surface area contributed by atoms with E-state index in [0.29, 0.717) is 6.61 Å². The highest BCUT2D eigenvalue weighted by Gasteiger charge is 2.03. The Kier molecular flexibility index (Phi) is 3.72. The summed E-state index contributed by atoms with van der Waals surface area (Å²) in [7, 11) is 1.65. The smallest absolute Gasteiger partial charge is 0.0655 e. The first-order valence-electron chi connectivity index (χ1n) is 3.74. The molecule has 1 rings (SSSR count). The van der Waals surface area contributed by atoms with Crippen molar-refractivity contribution in [3.8, 4) is 0 Å². The van der Waals surface area contributed by atoms with Gasteiger partial charge >= 0.3 is 0 Å². The van der Waals surface area contributed by atoms with Crippen molar-refractivity contribution in [3.63, 3.8) is 0 Å². The van der Waals surface area contributed by atoms with Crippen LogP contribution in [0.25, 0.3) is 0 Å². The van der Waals surface area contributed by atoms with E-state index in [4.69, 9.17) is 10.5 Å². The topological polar surface area (TPSA) is 35.2 Å². The number of hydrogen-bond acceptors (Lipinski definition) is 2. The van der Waals surface area contributed by atoms with Gasteiger partial charge in [-0.3, -0.25) is 0 Å². The first-order chi connectivity index (χ1) is 5.74. The molecule has 0 amide bonds. The molecule has 0 fully saturated rings. The van der Waals surface area contributed by atoms with Gasteiger partial charge in [0.15, 0.2) is 0 Å². The zero-order chi connectivity index (χ0) is 8.97. The molecule has 2 N–H and O–H groups in total. The number of halogens is 1. The van der Waals surface area contributed by atoms with Crippen LogP contribution >= 0.6 is 15.9 Å². The zero-order valence-corrected chi connectivity index (χ0v) is 8.54. The molecule has 0 bridgehead atoms. The lowest BCUT2D eigenvalue weighted by Gasteiger charge is -2.10. The maximum atomic E-state index is 5.82. The van der Waals surface area contributed by atoms with Crippen LogP contribution in [0.2, 0.25) is 0 Å². The molecular weight excluding hydrogens is 218 g/mol. The van der Waals surface area contributed by atoms with Gasteiger partial charge in [-0.25, -0.2) is 0 Å². The minimum Gasteiger partial charge on any atom is -0.383 e. The molecule has 66 valence electrons. The van der Waals surface area contributed by atoms with Gasteiger partial charge in [0, 0.05) is 11.6 Å². The molecule has 0 heterocycles. The standard InChI is InChI=1S/C9H12BrNO/c1-12-6-9(11)7-2-4-8(10)5-3-7/h2-5,9H,6,11H2,1H3. The summed E-state index contributed by atoms with van der Waals surface area (Å²) in [6.45, 7) is 0.557. The molecule has 1 aromatic carbocycles. The number of hydrogen-bond donors (Lipinski definition) is 1. The summed E-state index contributed by atoms with van der Waals surface area (Å²) < 4.78 is 6.02. The quantitative estimate of drug-likeness (QED) is 0.862. The van der Waals surface area contributed by atoms with Gasteiger partial charge in [0.2, 0.25) is 0 Å². The van der Waals surface area contributed by atoms with E-state index >= 15 is 0 Å². The molecule has 12 heavy (non-hydrogen) atoms. The first kappa shape index (κ1) is 9.71. The van der Waals surface area contributed by atoms with Crippen LogP contribution in [0.15, 0.2) is 28.7 Å². The molecule has 1 aromatic rings. The third-order valence-corrected chi connectivity index (χ3v) is 2.17. The molecule has 0 spiro atoms. The summed E-state index contributed by atoms with van der Waals surface area (Å²) in [6, 6.07) is 7.92. The predicted octanol–water partition coefficient (Wildman–Crippen LogP) is 2.10. The summed E-state index contributed by atoms with van der Waals surface area (Å²) in [5.41, 5.74) is 6.91. The van der Waals surface area contributed by atoms with Crippen LogP contribution in [-0.4, -0.2) is 13.7 Å². The highest BCUT2D eigenvalue weighted by Crippen LogP contribution is 2.15. The van der Waals surface area contributed by atoms with Gasteiger partial charge in [-0.2, -0.15) is 0 Å². The molecule has 0 aliphatic heterocycles. The molecule has 1 atom stereocenters. The van der Waals surface area contributed by atoms with E-state index < -0.39 is 0 Å². The summed E-state index contributed by atoms with van der Waals surface area (Å²) in [4.78, 5) is 0. The lowest BCUT2D eigenvalue weighted by Crippen LogP contribution is -2.15. The van der Waals surface area contributed by atoms with E-state index in [-0.39, 0.29) is 6.04 Å². The van der Waals surface area contributed by atoms with Crippen LogP contribution in [0.1, 0.15) is 11.6 Å².